The summed E-state index contributed by atoms with van der Waals surface area (Å²) in [5, 5.41) is 18.3. The number of nitrogens with two attached hydrogens (primary N) is 1. The van der Waals surface area contributed by atoms with E-state index < -0.39 is 6.09 Å². The van der Waals surface area contributed by atoms with Gasteiger partial charge in [0.05, 0.1) is 18.5 Å². The second-order valence-corrected chi connectivity index (χ2v) is 5.34. The Kier molecular flexibility index (Phi) is 5.35. The first-order valence-corrected chi connectivity index (χ1v) is 7.15. The van der Waals surface area contributed by atoms with E-state index in [4.69, 9.17) is 10.8 Å². The summed E-state index contributed by atoms with van der Waals surface area (Å²) in [4.78, 5) is 18.9. The fourth-order valence-corrected chi connectivity index (χ4v) is 2.64. The van der Waals surface area contributed by atoms with Gasteiger partial charge in [-0.3, -0.25) is 4.90 Å². The van der Waals surface area contributed by atoms with E-state index in [1.807, 2.05) is 0 Å². The number of carboxylic acid groups (broad SMARTS) is 1. The second-order valence-electron chi connectivity index (χ2n) is 5.34. The van der Waals surface area contributed by atoms with Crippen LogP contribution in [-0.2, 0) is 0 Å². The highest BCUT2D eigenvalue weighted by molar-refractivity contribution is 5.85. The van der Waals surface area contributed by atoms with Gasteiger partial charge in [-0.2, -0.15) is 0 Å². The third-order valence-corrected chi connectivity index (χ3v) is 3.88. The molecule has 0 atom stereocenters. The number of anilines is 2. The molecule has 0 aliphatic carbocycles. The van der Waals surface area contributed by atoms with Gasteiger partial charge in [-0.15, -0.1) is 0 Å². The summed E-state index contributed by atoms with van der Waals surface area (Å²) < 4.78 is 0. The summed E-state index contributed by atoms with van der Waals surface area (Å²) >= 11 is 0. The van der Waals surface area contributed by atoms with Crippen LogP contribution in [0.3, 0.4) is 0 Å². The van der Waals surface area contributed by atoms with Crippen LogP contribution in [0.4, 0.5) is 16.3 Å². The number of pyridine rings is 1. The summed E-state index contributed by atoms with van der Waals surface area (Å²) in [6, 6.07) is 3.28. The molecule has 0 radical (unpaired) electrons. The van der Waals surface area contributed by atoms with Crippen LogP contribution in [0.2, 0.25) is 0 Å². The van der Waals surface area contributed by atoms with Crippen molar-refractivity contribution >= 4 is 17.6 Å². The van der Waals surface area contributed by atoms with Gasteiger partial charge >= 0.3 is 6.09 Å². The van der Waals surface area contributed by atoms with E-state index in [0.717, 1.165) is 25.9 Å². The lowest BCUT2D eigenvalue weighted by atomic mass is 9.96. The number of likely N-dealkylation sites (tertiary alicyclic amines) is 1. The topological polar surface area (TPSA) is 103 Å². The first kappa shape index (κ1) is 15.5. The third-order valence-electron chi connectivity index (χ3n) is 3.88. The predicted octanol–water partition coefficient (Wildman–Crippen LogP) is 0.852. The lowest BCUT2D eigenvalue weighted by molar-refractivity contribution is 0.147. The molecule has 2 rings (SSSR count). The van der Waals surface area contributed by atoms with Gasteiger partial charge in [0.15, 0.2) is 0 Å². The number of aromatic nitrogens is 1. The van der Waals surface area contributed by atoms with E-state index in [1.54, 1.807) is 12.1 Å². The largest absolute Gasteiger partial charge is 0.465 e. The highest BCUT2D eigenvalue weighted by Gasteiger charge is 2.24. The van der Waals surface area contributed by atoms with Crippen molar-refractivity contribution in [1.82, 2.24) is 9.88 Å². The van der Waals surface area contributed by atoms with Gasteiger partial charge in [0.25, 0.3) is 0 Å². The molecule has 1 aliphatic rings. The average molecular weight is 294 g/mol. The summed E-state index contributed by atoms with van der Waals surface area (Å²) in [6.45, 7) is 3.13. The maximum Gasteiger partial charge on any atom is 0.411 e. The highest BCUT2D eigenvalue weighted by Crippen LogP contribution is 2.22. The van der Waals surface area contributed by atoms with Crippen LogP contribution in [0.15, 0.2) is 18.3 Å². The molecule has 1 saturated heterocycles. The number of hydrogen-bond acceptors (Lipinski definition) is 5. The van der Waals surface area contributed by atoms with Crippen LogP contribution in [0.5, 0.6) is 0 Å². The Balaban J connectivity index is 1.95. The number of aliphatic hydroxyl groups is 1. The Bertz CT molecular complexity index is 458. The molecule has 0 unspecified atom stereocenters. The quantitative estimate of drug-likeness (QED) is 0.744. The standard InChI is InChI=1S/C14H22N4O3/c15-13-2-1-12(9-16-13)18(14(20)21)10-11-3-5-17(6-4-11)7-8-19/h1-2,9,11,19H,3-8,10H2,(H2,15,16)(H,20,21). The van der Waals surface area contributed by atoms with Crippen molar-refractivity contribution in [3.05, 3.63) is 18.3 Å². The number of hydrogen-bond donors (Lipinski definition) is 3. The summed E-state index contributed by atoms with van der Waals surface area (Å²) in [5.41, 5.74) is 6.08. The Morgan fingerprint density at radius 3 is 2.67 bits per heavy atom. The van der Waals surface area contributed by atoms with Crippen LogP contribution in [-0.4, -0.2) is 59.0 Å². The molecule has 1 aromatic rings. The molecule has 116 valence electrons. The van der Waals surface area contributed by atoms with Crippen LogP contribution in [0, 0.1) is 5.92 Å². The van der Waals surface area contributed by atoms with Crippen LogP contribution < -0.4 is 10.6 Å². The molecule has 0 aromatic carbocycles. The Morgan fingerprint density at radius 2 is 2.14 bits per heavy atom. The van der Waals surface area contributed by atoms with Gasteiger partial charge in [-0.05, 0) is 44.0 Å². The number of rotatable bonds is 5. The normalized spacial score (nSPS) is 16.8. The van der Waals surface area contributed by atoms with Gasteiger partial charge in [-0.25, -0.2) is 9.78 Å². The molecule has 1 aromatic heterocycles. The zero-order valence-corrected chi connectivity index (χ0v) is 12.0. The van der Waals surface area contributed by atoms with E-state index in [2.05, 4.69) is 9.88 Å². The fourth-order valence-electron chi connectivity index (χ4n) is 2.64. The van der Waals surface area contributed by atoms with Gasteiger partial charge in [0.1, 0.15) is 5.82 Å². The van der Waals surface area contributed by atoms with Crippen LogP contribution in [0.1, 0.15) is 12.8 Å². The van der Waals surface area contributed by atoms with Crippen molar-refractivity contribution in [2.75, 3.05) is 43.4 Å². The first-order valence-electron chi connectivity index (χ1n) is 7.15. The van der Waals surface area contributed by atoms with Crippen molar-refractivity contribution in [3.8, 4) is 0 Å². The van der Waals surface area contributed by atoms with Crippen molar-refractivity contribution in [3.63, 3.8) is 0 Å². The number of β-amino-alcohol motifs (C(OH)–C–C–N with tert-alkyl or cyclic N) is 1. The number of aliphatic hydroxyl groups excluding tert-OH is 1. The molecule has 2 heterocycles. The molecule has 0 spiro atoms. The van der Waals surface area contributed by atoms with Crippen molar-refractivity contribution in [2.45, 2.75) is 12.8 Å². The first-order chi connectivity index (χ1) is 10.1. The van der Waals surface area contributed by atoms with E-state index in [9.17, 15) is 9.90 Å². The SMILES string of the molecule is Nc1ccc(N(CC2CCN(CCO)CC2)C(=O)O)cn1. The average Bonchev–Trinajstić information content (AvgIpc) is 2.47. The van der Waals surface area contributed by atoms with E-state index in [0.29, 0.717) is 30.5 Å². The minimum Gasteiger partial charge on any atom is -0.465 e. The lowest BCUT2D eigenvalue weighted by Crippen LogP contribution is -2.41. The van der Waals surface area contributed by atoms with Crippen molar-refractivity contribution in [2.24, 2.45) is 5.92 Å². The minimum atomic E-state index is -0.973. The van der Waals surface area contributed by atoms with Crippen molar-refractivity contribution in [1.29, 1.82) is 0 Å². The maximum atomic E-state index is 11.4. The molecule has 1 amide bonds. The molecule has 21 heavy (non-hydrogen) atoms. The van der Waals surface area contributed by atoms with Gasteiger partial charge in [0, 0.05) is 13.1 Å². The second kappa shape index (κ2) is 7.24. The number of nitrogen functional groups attached to an aromatic ring is 1. The molecule has 4 N–H and O–H groups in total. The molecule has 7 heteroatoms. The maximum absolute atomic E-state index is 11.4. The summed E-state index contributed by atoms with van der Waals surface area (Å²) in [6.07, 6.45) is 2.39. The highest BCUT2D eigenvalue weighted by atomic mass is 16.4. The third kappa shape index (κ3) is 4.30. The summed E-state index contributed by atoms with van der Waals surface area (Å²) in [5.74, 6) is 0.704. The van der Waals surface area contributed by atoms with Crippen LogP contribution >= 0.6 is 0 Å². The molecule has 0 saturated carbocycles. The Morgan fingerprint density at radius 1 is 1.43 bits per heavy atom. The molecule has 1 aliphatic heterocycles. The zero-order valence-electron chi connectivity index (χ0n) is 12.0. The van der Waals surface area contributed by atoms with E-state index in [1.165, 1.54) is 11.1 Å². The minimum absolute atomic E-state index is 0.170. The molecule has 0 bridgehead atoms. The van der Waals surface area contributed by atoms with Gasteiger partial charge in [-0.1, -0.05) is 0 Å². The predicted molar refractivity (Wildman–Crippen MR) is 80.3 cm³/mol. The zero-order chi connectivity index (χ0) is 15.2. The van der Waals surface area contributed by atoms with Gasteiger partial charge < -0.3 is 20.8 Å². The van der Waals surface area contributed by atoms with Gasteiger partial charge in [0.2, 0.25) is 0 Å². The number of carbonyl (C=O) groups is 1. The van der Waals surface area contributed by atoms with E-state index >= 15 is 0 Å². The van der Waals surface area contributed by atoms with Crippen molar-refractivity contribution < 1.29 is 15.0 Å². The van der Waals surface area contributed by atoms with E-state index in [-0.39, 0.29) is 6.61 Å². The summed E-state index contributed by atoms with van der Waals surface area (Å²) in [7, 11) is 0. The Labute approximate surface area is 124 Å². The Hall–Kier alpha value is -1.86. The lowest BCUT2D eigenvalue weighted by Gasteiger charge is -2.33. The smallest absolute Gasteiger partial charge is 0.411 e. The molecule has 1 fully saturated rings. The molecule has 7 nitrogen and oxygen atoms in total. The fraction of sp³-hybridized carbons (Fsp3) is 0.571. The number of amides is 1. The molecular formula is C14H22N4O3. The number of nitrogens with zero attached hydrogens (tertiary/aromatic N) is 3. The van der Waals surface area contributed by atoms with Crippen LogP contribution in [0.25, 0.3) is 0 Å². The number of piperidine rings is 1. The monoisotopic (exact) mass is 294 g/mol. The molecular weight excluding hydrogens is 272 g/mol.